The molecule has 14 heavy (non-hydrogen) atoms. The van der Waals surface area contributed by atoms with Gasteiger partial charge in [-0.3, -0.25) is 0 Å². The average Bonchev–Trinajstić information content (AvgIpc) is 2.10. The van der Waals surface area contributed by atoms with Gasteiger partial charge < -0.3 is 15.1 Å². The van der Waals surface area contributed by atoms with Gasteiger partial charge in [-0.1, -0.05) is 11.6 Å². The topological polar surface area (TPSA) is 52.9 Å². The number of aromatic hydroxyl groups is 1. The Balaban J connectivity index is 3.03. The van der Waals surface area contributed by atoms with Gasteiger partial charge in [0.15, 0.2) is 0 Å². The van der Waals surface area contributed by atoms with E-state index in [2.05, 4.69) is 0 Å². The van der Waals surface area contributed by atoms with E-state index in [1.807, 2.05) is 0 Å². The summed E-state index contributed by atoms with van der Waals surface area (Å²) in [4.78, 5) is 0. The maximum atomic E-state index is 9.41. The molecule has 0 fully saturated rings. The van der Waals surface area contributed by atoms with Gasteiger partial charge in [0.1, 0.15) is 16.5 Å². The smallest absolute Gasteiger partial charge is 0.141 e. The number of hydrogen-bond donors (Lipinski definition) is 2. The molecule has 2 N–H and O–H groups in total. The van der Waals surface area contributed by atoms with Crippen molar-refractivity contribution in [3.63, 3.8) is 0 Å². The zero-order valence-corrected chi connectivity index (χ0v) is 8.75. The maximum Gasteiger partial charge on any atom is 0.141 e. The molecule has 0 spiro atoms. The summed E-state index contributed by atoms with van der Waals surface area (Å²) in [7, 11) is 2.98. The van der Waals surface area contributed by atoms with E-state index >= 15 is 0 Å². The summed E-state index contributed by atoms with van der Waals surface area (Å²) >= 11 is 5.75. The van der Waals surface area contributed by atoms with Crippen LogP contribution in [0.3, 0.4) is 0 Å². The van der Waals surface area contributed by atoms with Gasteiger partial charge in [0.2, 0.25) is 0 Å². The summed E-state index contributed by atoms with van der Waals surface area (Å²) in [5.74, 6) is 0.339. The molecule has 5 heteroatoms. The van der Waals surface area contributed by atoms with Crippen molar-refractivity contribution in [1.82, 2.24) is 5.06 Å². The molecule has 0 amide bonds. The summed E-state index contributed by atoms with van der Waals surface area (Å²) in [6, 6.07) is 3.15. The Morgan fingerprint density at radius 1 is 1.50 bits per heavy atom. The third kappa shape index (κ3) is 2.51. The Morgan fingerprint density at radius 2 is 2.14 bits per heavy atom. The molecule has 0 atom stereocenters. The number of benzene rings is 1. The lowest BCUT2D eigenvalue weighted by molar-refractivity contribution is -0.0731. The third-order valence-corrected chi connectivity index (χ3v) is 2.09. The molecule has 0 radical (unpaired) electrons. The Hall–Kier alpha value is -0.970. The largest absolute Gasteiger partial charge is 0.506 e. The van der Waals surface area contributed by atoms with Crippen molar-refractivity contribution in [1.29, 1.82) is 0 Å². The van der Waals surface area contributed by atoms with Crippen LogP contribution in [0.4, 0.5) is 0 Å². The van der Waals surface area contributed by atoms with Crippen molar-refractivity contribution in [2.75, 3.05) is 14.2 Å². The Labute approximate surface area is 87.2 Å². The van der Waals surface area contributed by atoms with E-state index in [-0.39, 0.29) is 10.8 Å². The zero-order chi connectivity index (χ0) is 10.7. The standard InChI is InChI=1S/C9H12ClNO3/c1-11(13)5-6-3-7(12)9(10)8(4-6)14-2/h3-4,12-13H,5H2,1-2H3. The predicted octanol–water partition coefficient (Wildman–Crippen LogP) is 1.88. The second-order valence-electron chi connectivity index (χ2n) is 2.95. The van der Waals surface area contributed by atoms with E-state index in [0.29, 0.717) is 17.9 Å². The van der Waals surface area contributed by atoms with E-state index in [1.54, 1.807) is 6.07 Å². The summed E-state index contributed by atoms with van der Waals surface area (Å²) < 4.78 is 4.96. The Morgan fingerprint density at radius 3 is 2.64 bits per heavy atom. The Kier molecular flexibility index (Phi) is 3.57. The molecule has 0 saturated carbocycles. The summed E-state index contributed by atoms with van der Waals surface area (Å²) in [6.07, 6.45) is 0. The first-order valence-corrected chi connectivity index (χ1v) is 4.37. The fourth-order valence-electron chi connectivity index (χ4n) is 1.14. The summed E-state index contributed by atoms with van der Waals surface area (Å²) in [6.45, 7) is 0.293. The molecule has 0 aliphatic carbocycles. The van der Waals surface area contributed by atoms with Crippen LogP contribution in [0.15, 0.2) is 12.1 Å². The number of hydrogen-bond acceptors (Lipinski definition) is 4. The molecule has 78 valence electrons. The van der Waals surface area contributed by atoms with Crippen molar-refractivity contribution in [3.8, 4) is 11.5 Å². The van der Waals surface area contributed by atoms with Crippen LogP contribution in [-0.2, 0) is 6.54 Å². The first kappa shape index (κ1) is 11.1. The molecule has 1 aromatic rings. The summed E-state index contributed by atoms with van der Waals surface area (Å²) in [5.41, 5.74) is 0.716. The molecule has 0 saturated heterocycles. The van der Waals surface area contributed by atoms with Gasteiger partial charge in [-0.2, -0.15) is 5.06 Å². The third-order valence-electron chi connectivity index (χ3n) is 1.71. The molecule has 0 unspecified atom stereocenters. The second kappa shape index (κ2) is 4.50. The number of rotatable bonds is 3. The first-order valence-electron chi connectivity index (χ1n) is 4.00. The van der Waals surface area contributed by atoms with E-state index in [0.717, 1.165) is 5.06 Å². The predicted molar refractivity (Wildman–Crippen MR) is 52.9 cm³/mol. The zero-order valence-electron chi connectivity index (χ0n) is 7.99. The lowest BCUT2D eigenvalue weighted by Gasteiger charge is -2.11. The van der Waals surface area contributed by atoms with Crippen molar-refractivity contribution in [2.24, 2.45) is 0 Å². The van der Waals surface area contributed by atoms with Gasteiger partial charge in [-0.05, 0) is 17.7 Å². The van der Waals surface area contributed by atoms with Crippen LogP contribution in [0.5, 0.6) is 11.5 Å². The van der Waals surface area contributed by atoms with E-state index in [1.165, 1.54) is 20.2 Å². The van der Waals surface area contributed by atoms with Gasteiger partial charge in [0.05, 0.1) is 7.11 Å². The maximum absolute atomic E-state index is 9.41. The molecule has 1 aromatic carbocycles. The summed E-state index contributed by atoms with van der Waals surface area (Å²) in [5, 5.41) is 19.6. The second-order valence-corrected chi connectivity index (χ2v) is 3.32. The lowest BCUT2D eigenvalue weighted by atomic mass is 10.2. The molecule has 0 heterocycles. The van der Waals surface area contributed by atoms with Gasteiger partial charge >= 0.3 is 0 Å². The number of hydroxylamine groups is 2. The first-order chi connectivity index (χ1) is 6.54. The molecule has 0 aliphatic heterocycles. The van der Waals surface area contributed by atoms with Gasteiger partial charge in [0, 0.05) is 13.6 Å². The van der Waals surface area contributed by atoms with Crippen LogP contribution in [0, 0.1) is 0 Å². The quantitative estimate of drug-likeness (QED) is 0.759. The highest BCUT2D eigenvalue weighted by molar-refractivity contribution is 6.33. The fourth-order valence-corrected chi connectivity index (χ4v) is 1.33. The van der Waals surface area contributed by atoms with E-state index in [9.17, 15) is 5.11 Å². The molecule has 0 aliphatic rings. The average molecular weight is 218 g/mol. The molecule has 4 nitrogen and oxygen atoms in total. The lowest BCUT2D eigenvalue weighted by Crippen LogP contribution is -2.11. The van der Waals surface area contributed by atoms with Crippen LogP contribution in [0.25, 0.3) is 0 Å². The number of methoxy groups -OCH3 is 1. The minimum absolute atomic E-state index is 0.0529. The number of phenols is 1. The van der Waals surface area contributed by atoms with E-state index < -0.39 is 0 Å². The van der Waals surface area contributed by atoms with Crippen LogP contribution in [0.1, 0.15) is 5.56 Å². The Bertz CT molecular complexity index is 328. The molecule has 0 bridgehead atoms. The monoisotopic (exact) mass is 217 g/mol. The van der Waals surface area contributed by atoms with Crippen LogP contribution < -0.4 is 4.74 Å². The fraction of sp³-hybridized carbons (Fsp3) is 0.333. The van der Waals surface area contributed by atoms with Gasteiger partial charge in [-0.25, -0.2) is 0 Å². The van der Waals surface area contributed by atoms with Gasteiger partial charge in [0.25, 0.3) is 0 Å². The van der Waals surface area contributed by atoms with Crippen LogP contribution >= 0.6 is 11.6 Å². The highest BCUT2D eigenvalue weighted by Gasteiger charge is 2.09. The van der Waals surface area contributed by atoms with Crippen molar-refractivity contribution >= 4 is 11.6 Å². The molecule has 1 rings (SSSR count). The number of halogens is 1. The highest BCUT2D eigenvalue weighted by Crippen LogP contribution is 2.34. The number of phenolic OH excluding ortho intramolecular Hbond substituents is 1. The number of ether oxygens (including phenoxy) is 1. The SMILES string of the molecule is COc1cc(CN(C)O)cc(O)c1Cl. The van der Waals surface area contributed by atoms with Crippen molar-refractivity contribution in [2.45, 2.75) is 6.54 Å². The minimum atomic E-state index is -0.0529. The van der Waals surface area contributed by atoms with Crippen molar-refractivity contribution in [3.05, 3.63) is 22.7 Å². The molecular weight excluding hydrogens is 206 g/mol. The molecule has 0 aromatic heterocycles. The minimum Gasteiger partial charge on any atom is -0.506 e. The van der Waals surface area contributed by atoms with Crippen LogP contribution in [-0.4, -0.2) is 29.5 Å². The van der Waals surface area contributed by atoms with E-state index in [4.69, 9.17) is 21.5 Å². The normalized spacial score (nSPS) is 10.6. The highest BCUT2D eigenvalue weighted by atomic mass is 35.5. The van der Waals surface area contributed by atoms with Crippen molar-refractivity contribution < 1.29 is 15.1 Å². The van der Waals surface area contributed by atoms with Crippen LogP contribution in [0.2, 0.25) is 5.02 Å². The van der Waals surface area contributed by atoms with Gasteiger partial charge in [-0.15, -0.1) is 0 Å². The molecular formula is C9H12ClNO3. The number of nitrogens with zero attached hydrogens (tertiary/aromatic N) is 1.